The number of carbonyl (C=O) groups is 1. The van der Waals surface area contributed by atoms with E-state index in [9.17, 15) is 9.18 Å². The third-order valence-electron chi connectivity index (χ3n) is 2.70. The van der Waals surface area contributed by atoms with Crippen LogP contribution in [0, 0.1) is 12.7 Å². The summed E-state index contributed by atoms with van der Waals surface area (Å²) in [5.41, 5.74) is 1.33. The summed E-state index contributed by atoms with van der Waals surface area (Å²) in [5, 5.41) is 8.88. The second-order valence-electron chi connectivity index (χ2n) is 3.77. The molecule has 0 unspecified atom stereocenters. The number of carboxylic acid groups (broad SMARTS) is 1. The summed E-state index contributed by atoms with van der Waals surface area (Å²) >= 11 is 0. The molecular formula is C14H11FO2. The van der Waals surface area contributed by atoms with Crippen LogP contribution in [0.15, 0.2) is 42.5 Å². The molecule has 0 aliphatic carbocycles. The molecular weight excluding hydrogens is 219 g/mol. The molecule has 0 spiro atoms. The molecule has 0 saturated carbocycles. The maximum absolute atomic E-state index is 14.0. The van der Waals surface area contributed by atoms with Crippen molar-refractivity contribution in [2.45, 2.75) is 6.92 Å². The minimum Gasteiger partial charge on any atom is -0.478 e. The van der Waals surface area contributed by atoms with E-state index in [1.165, 1.54) is 19.1 Å². The van der Waals surface area contributed by atoms with Gasteiger partial charge in [-0.25, -0.2) is 9.18 Å². The van der Waals surface area contributed by atoms with Crippen LogP contribution in [0.5, 0.6) is 0 Å². The van der Waals surface area contributed by atoms with Crippen molar-refractivity contribution in [2.75, 3.05) is 0 Å². The first kappa shape index (κ1) is 11.3. The first-order valence-electron chi connectivity index (χ1n) is 5.19. The number of benzene rings is 2. The van der Waals surface area contributed by atoms with Gasteiger partial charge < -0.3 is 5.11 Å². The first-order chi connectivity index (χ1) is 8.11. The zero-order valence-electron chi connectivity index (χ0n) is 9.27. The summed E-state index contributed by atoms with van der Waals surface area (Å²) in [6.07, 6.45) is 0. The summed E-state index contributed by atoms with van der Waals surface area (Å²) in [6, 6.07) is 12.0. The van der Waals surface area contributed by atoms with Gasteiger partial charge in [-0.15, -0.1) is 0 Å². The predicted octanol–water partition coefficient (Wildman–Crippen LogP) is 3.50. The molecule has 0 aliphatic heterocycles. The predicted molar refractivity (Wildman–Crippen MR) is 63.5 cm³/mol. The highest BCUT2D eigenvalue weighted by molar-refractivity contribution is 5.90. The Labute approximate surface area is 98.3 Å². The van der Waals surface area contributed by atoms with E-state index in [2.05, 4.69) is 0 Å². The average molecular weight is 230 g/mol. The molecule has 2 nitrogen and oxygen atoms in total. The van der Waals surface area contributed by atoms with Crippen molar-refractivity contribution in [1.29, 1.82) is 0 Å². The van der Waals surface area contributed by atoms with E-state index in [-0.39, 0.29) is 11.1 Å². The van der Waals surface area contributed by atoms with Gasteiger partial charge in [0.2, 0.25) is 0 Å². The molecule has 2 aromatic rings. The van der Waals surface area contributed by atoms with E-state index in [0.29, 0.717) is 5.56 Å². The second-order valence-corrected chi connectivity index (χ2v) is 3.77. The number of rotatable bonds is 2. The third-order valence-corrected chi connectivity index (χ3v) is 2.70. The molecule has 2 rings (SSSR count). The number of aromatic carboxylic acids is 1. The van der Waals surface area contributed by atoms with Gasteiger partial charge in [-0.2, -0.15) is 0 Å². The molecule has 0 amide bonds. The molecule has 0 radical (unpaired) electrons. The van der Waals surface area contributed by atoms with E-state index in [1.54, 1.807) is 12.1 Å². The van der Waals surface area contributed by atoms with Crippen molar-refractivity contribution in [3.05, 3.63) is 59.4 Å². The maximum atomic E-state index is 14.0. The highest BCUT2D eigenvalue weighted by Gasteiger charge is 2.14. The molecule has 0 bridgehead atoms. The molecule has 1 N–H and O–H groups in total. The molecule has 17 heavy (non-hydrogen) atoms. The molecule has 0 heterocycles. The Kier molecular flexibility index (Phi) is 2.91. The topological polar surface area (TPSA) is 37.3 Å². The monoisotopic (exact) mass is 230 g/mol. The minimum absolute atomic E-state index is 0.00202. The molecule has 0 saturated heterocycles. The third kappa shape index (κ3) is 2.04. The molecule has 0 fully saturated rings. The van der Waals surface area contributed by atoms with Crippen molar-refractivity contribution in [1.82, 2.24) is 0 Å². The largest absolute Gasteiger partial charge is 0.478 e. The Balaban J connectivity index is 2.60. The standard InChI is InChI=1S/C14H11FO2/c1-9-11(14(16)17)7-8-12(13(9)15)10-5-3-2-4-6-10/h2-8H,1H3,(H,16,17). The second kappa shape index (κ2) is 4.37. The lowest BCUT2D eigenvalue weighted by Gasteiger charge is -2.08. The normalized spacial score (nSPS) is 10.2. The Hall–Kier alpha value is -2.16. The molecule has 0 atom stereocenters. The number of halogens is 1. The number of hydrogen-bond donors (Lipinski definition) is 1. The minimum atomic E-state index is -1.11. The highest BCUT2D eigenvalue weighted by Crippen LogP contribution is 2.26. The van der Waals surface area contributed by atoms with Crippen LogP contribution in [-0.2, 0) is 0 Å². The lowest BCUT2D eigenvalue weighted by atomic mass is 9.99. The summed E-state index contributed by atoms with van der Waals surface area (Å²) < 4.78 is 14.0. The van der Waals surface area contributed by atoms with E-state index in [1.807, 2.05) is 18.2 Å². The molecule has 2 aromatic carbocycles. The zero-order valence-corrected chi connectivity index (χ0v) is 9.27. The van der Waals surface area contributed by atoms with Gasteiger partial charge in [-0.3, -0.25) is 0 Å². The summed E-state index contributed by atoms with van der Waals surface area (Å²) in [4.78, 5) is 10.9. The quantitative estimate of drug-likeness (QED) is 0.857. The van der Waals surface area contributed by atoms with Crippen LogP contribution in [-0.4, -0.2) is 11.1 Å². The lowest BCUT2D eigenvalue weighted by Crippen LogP contribution is -2.02. The molecule has 86 valence electrons. The van der Waals surface area contributed by atoms with E-state index in [4.69, 9.17) is 5.11 Å². The maximum Gasteiger partial charge on any atom is 0.336 e. The number of hydrogen-bond acceptors (Lipinski definition) is 1. The van der Waals surface area contributed by atoms with Crippen molar-refractivity contribution in [3.63, 3.8) is 0 Å². The van der Waals surface area contributed by atoms with Crippen LogP contribution in [0.3, 0.4) is 0 Å². The van der Waals surface area contributed by atoms with Crippen LogP contribution in [0.25, 0.3) is 11.1 Å². The van der Waals surface area contributed by atoms with Crippen LogP contribution in [0.1, 0.15) is 15.9 Å². The van der Waals surface area contributed by atoms with Gasteiger partial charge in [0, 0.05) is 5.56 Å². The number of carboxylic acids is 1. The van der Waals surface area contributed by atoms with E-state index >= 15 is 0 Å². The zero-order chi connectivity index (χ0) is 12.4. The Morgan fingerprint density at radius 2 is 1.76 bits per heavy atom. The van der Waals surface area contributed by atoms with Gasteiger partial charge >= 0.3 is 5.97 Å². The Morgan fingerprint density at radius 3 is 2.35 bits per heavy atom. The fourth-order valence-corrected chi connectivity index (χ4v) is 1.76. The van der Waals surface area contributed by atoms with Crippen LogP contribution >= 0.6 is 0 Å². The van der Waals surface area contributed by atoms with Gasteiger partial charge in [-0.05, 0) is 24.1 Å². The van der Waals surface area contributed by atoms with Gasteiger partial charge in [0.05, 0.1) is 5.56 Å². The van der Waals surface area contributed by atoms with Crippen LogP contribution in [0.4, 0.5) is 4.39 Å². The van der Waals surface area contributed by atoms with Crippen molar-refractivity contribution in [2.24, 2.45) is 0 Å². The van der Waals surface area contributed by atoms with Crippen LogP contribution in [0.2, 0.25) is 0 Å². The summed E-state index contributed by atoms with van der Waals surface area (Å²) in [5.74, 6) is -1.59. The summed E-state index contributed by atoms with van der Waals surface area (Å²) in [6.45, 7) is 1.48. The van der Waals surface area contributed by atoms with Crippen LogP contribution < -0.4 is 0 Å². The molecule has 3 heteroatoms. The fraction of sp³-hybridized carbons (Fsp3) is 0.0714. The SMILES string of the molecule is Cc1c(C(=O)O)ccc(-c2ccccc2)c1F. The Morgan fingerprint density at radius 1 is 1.12 bits per heavy atom. The fourth-order valence-electron chi connectivity index (χ4n) is 1.76. The van der Waals surface area contributed by atoms with Crippen molar-refractivity contribution >= 4 is 5.97 Å². The average Bonchev–Trinajstić information content (AvgIpc) is 2.33. The lowest BCUT2D eigenvalue weighted by molar-refractivity contribution is 0.0695. The Bertz CT molecular complexity index is 562. The smallest absolute Gasteiger partial charge is 0.336 e. The van der Waals surface area contributed by atoms with Gasteiger partial charge in [-0.1, -0.05) is 36.4 Å². The van der Waals surface area contributed by atoms with E-state index in [0.717, 1.165) is 5.56 Å². The van der Waals surface area contributed by atoms with Gasteiger partial charge in [0.1, 0.15) is 5.82 Å². The first-order valence-corrected chi connectivity index (χ1v) is 5.19. The summed E-state index contributed by atoms with van der Waals surface area (Å²) in [7, 11) is 0. The van der Waals surface area contributed by atoms with Crippen molar-refractivity contribution < 1.29 is 14.3 Å². The van der Waals surface area contributed by atoms with Gasteiger partial charge in [0.25, 0.3) is 0 Å². The van der Waals surface area contributed by atoms with Gasteiger partial charge in [0.15, 0.2) is 0 Å². The van der Waals surface area contributed by atoms with Crippen molar-refractivity contribution in [3.8, 4) is 11.1 Å². The molecule has 0 aliphatic rings. The highest BCUT2D eigenvalue weighted by atomic mass is 19.1. The van der Waals surface area contributed by atoms with E-state index < -0.39 is 11.8 Å². The molecule has 0 aromatic heterocycles.